The summed E-state index contributed by atoms with van der Waals surface area (Å²) in [5, 5.41) is 34.6. The fourth-order valence-electron chi connectivity index (χ4n) is 3.18. The normalized spacial score (nSPS) is 11.9. The van der Waals surface area contributed by atoms with Crippen LogP contribution in [0.25, 0.3) is 0 Å². The van der Waals surface area contributed by atoms with E-state index in [0.717, 1.165) is 24.3 Å². The lowest BCUT2D eigenvalue weighted by molar-refractivity contribution is -0.116. The number of nitrogens with one attached hydrogen (secondary N) is 3. The molecule has 0 aliphatic carbocycles. The smallest absolute Gasteiger partial charge is 0.339 e. The number of halogens is 2. The van der Waals surface area contributed by atoms with Crippen molar-refractivity contribution in [2.75, 3.05) is 15.4 Å². The van der Waals surface area contributed by atoms with Gasteiger partial charge in [-0.05, 0) is 55.5 Å². The second-order valence-electron chi connectivity index (χ2n) is 7.61. The van der Waals surface area contributed by atoms with E-state index < -0.39 is 50.1 Å². The van der Waals surface area contributed by atoms with Crippen molar-refractivity contribution in [3.05, 3.63) is 75.8 Å². The van der Waals surface area contributed by atoms with Gasteiger partial charge in [-0.25, -0.2) is 18.0 Å². The minimum Gasteiger partial charge on any atom is -0.506 e. The summed E-state index contributed by atoms with van der Waals surface area (Å²) in [5.41, 5.74) is -1.23. The van der Waals surface area contributed by atoms with Crippen LogP contribution in [0.15, 0.2) is 59.5 Å². The molecule has 1 atom stereocenters. The number of carbonyl (C=O) groups excluding carboxylic acids is 1. The van der Waals surface area contributed by atoms with Crippen molar-refractivity contribution < 1.29 is 38.1 Å². The number of hydrogen-bond donors (Lipinski definition) is 6. The fraction of sp³-hybridized carbons (Fsp3) is 0.0870. The highest BCUT2D eigenvalue weighted by Gasteiger charge is 2.27. The average Bonchev–Trinajstić information content (AvgIpc) is 2.81. The van der Waals surface area contributed by atoms with Crippen LogP contribution in [-0.2, 0) is 14.8 Å². The van der Waals surface area contributed by atoms with Crippen molar-refractivity contribution >= 4 is 68.1 Å². The van der Waals surface area contributed by atoms with Crippen molar-refractivity contribution in [3.63, 3.8) is 0 Å². The SMILES string of the molecule is CC(Nc1cccc(S(=O)(=O)Nc2ccc(C(=O)O)cc2O)c1C(=O)O)C(=O)Nc1ccc(Cl)cc1Cl. The van der Waals surface area contributed by atoms with Crippen LogP contribution in [0.5, 0.6) is 5.75 Å². The Labute approximate surface area is 220 Å². The molecule has 11 nitrogen and oxygen atoms in total. The van der Waals surface area contributed by atoms with Crippen LogP contribution in [-0.4, -0.2) is 47.6 Å². The summed E-state index contributed by atoms with van der Waals surface area (Å²) in [6.07, 6.45) is 0. The van der Waals surface area contributed by atoms with Gasteiger partial charge in [-0.15, -0.1) is 0 Å². The predicted molar refractivity (Wildman–Crippen MR) is 137 cm³/mol. The van der Waals surface area contributed by atoms with E-state index in [1.165, 1.54) is 37.3 Å². The minimum atomic E-state index is -4.59. The monoisotopic (exact) mass is 567 g/mol. The van der Waals surface area contributed by atoms with Crippen molar-refractivity contribution in [1.82, 2.24) is 0 Å². The molecule has 0 saturated carbocycles. The lowest BCUT2D eigenvalue weighted by atomic mass is 10.1. The number of sulfonamides is 1. The number of amides is 1. The Kier molecular flexibility index (Phi) is 8.16. The summed E-state index contributed by atoms with van der Waals surface area (Å²) in [4.78, 5) is 35.1. The molecule has 0 aromatic heterocycles. The van der Waals surface area contributed by atoms with Gasteiger partial charge in [0.25, 0.3) is 10.0 Å². The van der Waals surface area contributed by atoms with Crippen LogP contribution in [0.4, 0.5) is 17.1 Å². The van der Waals surface area contributed by atoms with Gasteiger partial charge in [-0.2, -0.15) is 0 Å². The molecule has 194 valence electrons. The molecule has 6 N–H and O–H groups in total. The van der Waals surface area contributed by atoms with Crippen LogP contribution in [0.3, 0.4) is 0 Å². The van der Waals surface area contributed by atoms with Gasteiger partial charge in [-0.3, -0.25) is 9.52 Å². The number of phenols is 1. The fourth-order valence-corrected chi connectivity index (χ4v) is 4.93. The molecule has 1 unspecified atom stereocenters. The Balaban J connectivity index is 1.90. The number of aromatic carboxylic acids is 2. The van der Waals surface area contributed by atoms with E-state index in [9.17, 15) is 33.0 Å². The maximum absolute atomic E-state index is 13.0. The average molecular weight is 568 g/mol. The number of hydrogen-bond acceptors (Lipinski definition) is 7. The van der Waals surface area contributed by atoms with Crippen molar-refractivity contribution in [3.8, 4) is 5.75 Å². The molecule has 3 rings (SSSR count). The van der Waals surface area contributed by atoms with E-state index in [2.05, 4.69) is 10.6 Å². The molecule has 0 aliphatic rings. The number of rotatable bonds is 9. The Morgan fingerprint density at radius 1 is 0.892 bits per heavy atom. The first-order valence-electron chi connectivity index (χ1n) is 10.3. The third kappa shape index (κ3) is 6.42. The van der Waals surface area contributed by atoms with Gasteiger partial charge < -0.3 is 26.0 Å². The third-order valence-corrected chi connectivity index (χ3v) is 6.93. The molecule has 3 aromatic rings. The van der Waals surface area contributed by atoms with E-state index in [-0.39, 0.29) is 27.6 Å². The maximum atomic E-state index is 13.0. The van der Waals surface area contributed by atoms with Gasteiger partial charge in [0.1, 0.15) is 22.3 Å². The highest BCUT2D eigenvalue weighted by Crippen LogP contribution is 2.31. The van der Waals surface area contributed by atoms with Gasteiger partial charge in [0.15, 0.2) is 0 Å². The molecule has 0 spiro atoms. The molecule has 0 heterocycles. The molecular formula is C23H19Cl2N3O8S. The summed E-state index contributed by atoms with van der Waals surface area (Å²) in [6.45, 7) is 1.42. The minimum absolute atomic E-state index is 0.175. The molecule has 0 bridgehead atoms. The zero-order chi connectivity index (χ0) is 27.5. The number of carbonyl (C=O) groups is 3. The lowest BCUT2D eigenvalue weighted by Gasteiger charge is -2.19. The highest BCUT2D eigenvalue weighted by molar-refractivity contribution is 7.92. The standard InChI is InChI=1S/C23H19Cl2N3O8S/c1-11(21(30)27-15-8-6-13(24)10-14(15)25)26-17-3-2-4-19(20(17)23(33)34)37(35,36)28-16-7-5-12(22(31)32)9-18(16)29/h2-11,26,28-29H,1H3,(H,27,30)(H,31,32)(H,33,34). The lowest BCUT2D eigenvalue weighted by Crippen LogP contribution is -2.33. The first-order valence-corrected chi connectivity index (χ1v) is 12.5. The van der Waals surface area contributed by atoms with E-state index >= 15 is 0 Å². The molecule has 0 saturated heterocycles. The van der Waals surface area contributed by atoms with Gasteiger partial charge in [-0.1, -0.05) is 29.3 Å². The Bertz CT molecular complexity index is 1510. The summed E-state index contributed by atoms with van der Waals surface area (Å²) in [6, 6.07) is 9.86. The first kappa shape index (κ1) is 27.6. The van der Waals surface area contributed by atoms with Crippen molar-refractivity contribution in [2.24, 2.45) is 0 Å². The molecule has 14 heteroatoms. The quantitative estimate of drug-likeness (QED) is 0.205. The third-order valence-electron chi connectivity index (χ3n) is 4.97. The summed E-state index contributed by atoms with van der Waals surface area (Å²) in [5.74, 6) is -4.23. The topological polar surface area (TPSA) is 182 Å². The maximum Gasteiger partial charge on any atom is 0.339 e. The molecule has 0 fully saturated rings. The Hall–Kier alpha value is -4.00. The number of anilines is 3. The summed E-state index contributed by atoms with van der Waals surface area (Å²) in [7, 11) is -4.59. The zero-order valence-corrected chi connectivity index (χ0v) is 21.1. The van der Waals surface area contributed by atoms with E-state index in [4.69, 9.17) is 28.3 Å². The number of carboxylic acids is 2. The second kappa shape index (κ2) is 10.9. The molecule has 0 aliphatic heterocycles. The van der Waals surface area contributed by atoms with Crippen LogP contribution in [0, 0.1) is 0 Å². The Morgan fingerprint density at radius 2 is 1.57 bits per heavy atom. The van der Waals surface area contributed by atoms with Gasteiger partial charge in [0, 0.05) is 5.02 Å². The molecule has 3 aromatic carbocycles. The summed E-state index contributed by atoms with van der Waals surface area (Å²) < 4.78 is 28.1. The molecule has 1 amide bonds. The first-order chi connectivity index (χ1) is 17.3. The Morgan fingerprint density at radius 3 is 2.16 bits per heavy atom. The second-order valence-corrected chi connectivity index (χ2v) is 10.1. The summed E-state index contributed by atoms with van der Waals surface area (Å²) >= 11 is 11.9. The van der Waals surface area contributed by atoms with E-state index in [1.54, 1.807) is 0 Å². The van der Waals surface area contributed by atoms with Crippen LogP contribution in [0.1, 0.15) is 27.6 Å². The van der Waals surface area contributed by atoms with Gasteiger partial charge in [0.05, 0.1) is 27.6 Å². The van der Waals surface area contributed by atoms with Crippen molar-refractivity contribution in [1.29, 1.82) is 0 Å². The van der Waals surface area contributed by atoms with Crippen molar-refractivity contribution in [2.45, 2.75) is 17.9 Å². The number of benzene rings is 3. The van der Waals surface area contributed by atoms with Crippen LogP contribution in [0.2, 0.25) is 10.0 Å². The number of carboxylic acid groups (broad SMARTS) is 2. The molecule has 0 radical (unpaired) electrons. The van der Waals surface area contributed by atoms with E-state index in [1.807, 2.05) is 4.72 Å². The number of aromatic hydroxyl groups is 1. The van der Waals surface area contributed by atoms with Gasteiger partial charge in [0.2, 0.25) is 5.91 Å². The highest BCUT2D eigenvalue weighted by atomic mass is 35.5. The van der Waals surface area contributed by atoms with Crippen LogP contribution < -0.4 is 15.4 Å². The number of phenolic OH excluding ortho intramolecular Hbond substituents is 1. The van der Waals surface area contributed by atoms with Crippen LogP contribution >= 0.6 is 23.2 Å². The molecular weight excluding hydrogens is 549 g/mol. The zero-order valence-electron chi connectivity index (χ0n) is 18.8. The largest absolute Gasteiger partial charge is 0.506 e. The predicted octanol–water partition coefficient (Wildman–Crippen LogP) is 4.34. The molecule has 37 heavy (non-hydrogen) atoms. The van der Waals surface area contributed by atoms with E-state index in [0.29, 0.717) is 5.02 Å². The van der Waals surface area contributed by atoms with Gasteiger partial charge >= 0.3 is 11.9 Å².